The van der Waals surface area contributed by atoms with Crippen LogP contribution in [0.5, 0.6) is 0 Å². The van der Waals surface area contributed by atoms with E-state index < -0.39 is 0 Å². The van der Waals surface area contributed by atoms with Crippen LogP contribution in [0.1, 0.15) is 42.5 Å². The zero-order valence-corrected chi connectivity index (χ0v) is 12.2. The summed E-state index contributed by atoms with van der Waals surface area (Å²) in [6.07, 6.45) is 8.36. The zero-order chi connectivity index (χ0) is 14.5. The molecule has 2 aromatic rings. The molecule has 2 N–H and O–H groups in total. The van der Waals surface area contributed by atoms with Crippen molar-refractivity contribution in [1.29, 1.82) is 0 Å². The van der Waals surface area contributed by atoms with Crippen molar-refractivity contribution in [3.8, 4) is 0 Å². The number of benzene rings is 1. The molecule has 0 aliphatic heterocycles. The van der Waals surface area contributed by atoms with E-state index in [4.69, 9.17) is 4.74 Å². The van der Waals surface area contributed by atoms with Gasteiger partial charge in [-0.15, -0.1) is 0 Å². The number of hydrogen-bond acceptors (Lipinski definition) is 2. The summed E-state index contributed by atoms with van der Waals surface area (Å²) in [4.78, 5) is 15.3. The Morgan fingerprint density at radius 2 is 2.05 bits per heavy atom. The van der Waals surface area contributed by atoms with E-state index in [-0.39, 0.29) is 5.91 Å². The van der Waals surface area contributed by atoms with Crippen molar-refractivity contribution in [1.82, 2.24) is 10.3 Å². The van der Waals surface area contributed by atoms with Crippen LogP contribution in [-0.2, 0) is 4.74 Å². The van der Waals surface area contributed by atoms with Gasteiger partial charge in [-0.05, 0) is 18.9 Å². The Labute approximate surface area is 124 Å². The molecule has 1 saturated carbocycles. The van der Waals surface area contributed by atoms with Gasteiger partial charge in [0.2, 0.25) is 0 Å². The van der Waals surface area contributed by atoms with Crippen molar-refractivity contribution >= 4 is 16.8 Å². The molecule has 1 fully saturated rings. The minimum absolute atomic E-state index is 0.0419. The van der Waals surface area contributed by atoms with E-state index >= 15 is 0 Å². The summed E-state index contributed by atoms with van der Waals surface area (Å²) < 4.78 is 5.82. The fraction of sp³-hybridized carbons (Fsp3) is 0.471. The van der Waals surface area contributed by atoms with Crippen LogP contribution in [0.4, 0.5) is 0 Å². The molecule has 1 aromatic carbocycles. The summed E-state index contributed by atoms with van der Waals surface area (Å²) in [6.45, 7) is 1.16. The molecule has 4 nitrogen and oxygen atoms in total. The lowest BCUT2D eigenvalue weighted by atomic mass is 9.98. The largest absolute Gasteiger partial charge is 0.376 e. The van der Waals surface area contributed by atoms with Gasteiger partial charge in [0.15, 0.2) is 0 Å². The number of nitrogens with one attached hydrogen (secondary N) is 2. The Bertz CT molecular complexity index is 600. The van der Waals surface area contributed by atoms with Gasteiger partial charge in [-0.25, -0.2) is 0 Å². The van der Waals surface area contributed by atoms with Crippen molar-refractivity contribution in [2.45, 2.75) is 38.2 Å². The van der Waals surface area contributed by atoms with Gasteiger partial charge >= 0.3 is 0 Å². The third-order valence-corrected chi connectivity index (χ3v) is 4.13. The third-order valence-electron chi connectivity index (χ3n) is 4.13. The molecule has 1 heterocycles. The van der Waals surface area contributed by atoms with Crippen LogP contribution in [0.2, 0.25) is 0 Å². The predicted octanol–water partition coefficient (Wildman–Crippen LogP) is 3.25. The van der Waals surface area contributed by atoms with Crippen LogP contribution in [0.25, 0.3) is 10.9 Å². The van der Waals surface area contributed by atoms with Gasteiger partial charge < -0.3 is 15.0 Å². The lowest BCUT2D eigenvalue weighted by Gasteiger charge is -2.21. The first-order valence-electron chi connectivity index (χ1n) is 7.80. The molecule has 1 aliphatic carbocycles. The van der Waals surface area contributed by atoms with Crippen molar-refractivity contribution in [2.75, 3.05) is 13.2 Å². The van der Waals surface area contributed by atoms with Gasteiger partial charge in [0.25, 0.3) is 5.91 Å². The van der Waals surface area contributed by atoms with Crippen molar-refractivity contribution in [3.63, 3.8) is 0 Å². The maximum absolute atomic E-state index is 12.2. The molecule has 4 heteroatoms. The number of aromatic nitrogens is 1. The summed E-state index contributed by atoms with van der Waals surface area (Å²) in [5, 5.41) is 3.89. The van der Waals surface area contributed by atoms with Crippen LogP contribution >= 0.6 is 0 Å². The summed E-state index contributed by atoms with van der Waals surface area (Å²) in [7, 11) is 0. The minimum atomic E-state index is -0.0419. The molecule has 1 aliphatic rings. The van der Waals surface area contributed by atoms with Crippen molar-refractivity contribution < 1.29 is 9.53 Å². The van der Waals surface area contributed by atoms with E-state index in [0.717, 1.165) is 23.7 Å². The molecule has 0 spiro atoms. The molecule has 0 saturated heterocycles. The highest BCUT2D eigenvalue weighted by Gasteiger charge is 2.14. The number of aromatic amines is 1. The summed E-state index contributed by atoms with van der Waals surface area (Å²) in [5.41, 5.74) is 1.68. The fourth-order valence-corrected chi connectivity index (χ4v) is 2.98. The first kappa shape index (κ1) is 14.1. The summed E-state index contributed by atoms with van der Waals surface area (Å²) in [5.74, 6) is -0.0419. The van der Waals surface area contributed by atoms with E-state index in [9.17, 15) is 4.79 Å². The van der Waals surface area contributed by atoms with Crippen molar-refractivity contribution in [3.05, 3.63) is 36.0 Å². The van der Waals surface area contributed by atoms with Gasteiger partial charge in [-0.3, -0.25) is 4.79 Å². The second-order valence-electron chi connectivity index (χ2n) is 5.63. The Morgan fingerprint density at radius 1 is 1.24 bits per heavy atom. The Hall–Kier alpha value is -1.81. The topological polar surface area (TPSA) is 54.1 Å². The van der Waals surface area contributed by atoms with E-state index in [2.05, 4.69) is 10.3 Å². The predicted molar refractivity (Wildman–Crippen MR) is 83.5 cm³/mol. The standard InChI is InChI=1S/C17H22N2O2/c20-17(15-12-19-16-9-5-4-8-14(15)16)18-10-11-21-13-6-2-1-3-7-13/h4-5,8-9,12-13,19H,1-3,6-7,10-11H2,(H,18,20). The molecule has 0 radical (unpaired) electrons. The van der Waals surface area contributed by atoms with Gasteiger partial charge in [0.1, 0.15) is 0 Å². The number of fused-ring (bicyclic) bond motifs is 1. The van der Waals surface area contributed by atoms with Crippen LogP contribution in [-0.4, -0.2) is 30.1 Å². The Balaban J connectivity index is 1.48. The molecule has 1 amide bonds. The number of H-pyrrole nitrogens is 1. The smallest absolute Gasteiger partial charge is 0.253 e. The first-order valence-corrected chi connectivity index (χ1v) is 7.80. The normalized spacial score (nSPS) is 16.2. The average Bonchev–Trinajstić information content (AvgIpc) is 2.96. The minimum Gasteiger partial charge on any atom is -0.376 e. The van der Waals surface area contributed by atoms with Gasteiger partial charge in [0, 0.05) is 23.6 Å². The monoisotopic (exact) mass is 286 g/mol. The van der Waals surface area contributed by atoms with Gasteiger partial charge in [-0.2, -0.15) is 0 Å². The number of carbonyl (C=O) groups excluding carboxylic acids is 1. The maximum Gasteiger partial charge on any atom is 0.253 e. The van der Waals surface area contributed by atoms with Crippen LogP contribution < -0.4 is 5.32 Å². The lowest BCUT2D eigenvalue weighted by molar-refractivity contribution is 0.0299. The molecule has 0 bridgehead atoms. The van der Waals surface area contributed by atoms with Crippen molar-refractivity contribution in [2.24, 2.45) is 0 Å². The first-order chi connectivity index (χ1) is 10.3. The molecular weight excluding hydrogens is 264 g/mol. The molecule has 3 rings (SSSR count). The number of hydrogen-bond donors (Lipinski definition) is 2. The highest BCUT2D eigenvalue weighted by Crippen LogP contribution is 2.20. The Morgan fingerprint density at radius 3 is 2.90 bits per heavy atom. The third kappa shape index (κ3) is 3.45. The number of rotatable bonds is 5. The molecule has 112 valence electrons. The molecule has 0 atom stereocenters. The second kappa shape index (κ2) is 6.76. The van der Waals surface area contributed by atoms with E-state index in [1.165, 1.54) is 19.3 Å². The molecule has 1 aromatic heterocycles. The second-order valence-corrected chi connectivity index (χ2v) is 5.63. The quantitative estimate of drug-likeness (QED) is 0.829. The fourth-order valence-electron chi connectivity index (χ4n) is 2.98. The highest BCUT2D eigenvalue weighted by molar-refractivity contribution is 6.06. The van der Waals surface area contributed by atoms with E-state index in [0.29, 0.717) is 24.8 Å². The van der Waals surface area contributed by atoms with E-state index in [1.807, 2.05) is 24.3 Å². The van der Waals surface area contributed by atoms with E-state index in [1.54, 1.807) is 6.20 Å². The summed E-state index contributed by atoms with van der Waals surface area (Å²) in [6, 6.07) is 7.83. The van der Waals surface area contributed by atoms with Crippen LogP contribution in [0.15, 0.2) is 30.5 Å². The SMILES string of the molecule is O=C(NCCOC1CCCCC1)c1c[nH]c2ccccc12. The Kier molecular flexibility index (Phi) is 4.55. The number of amides is 1. The van der Waals surface area contributed by atoms with Crippen LogP contribution in [0, 0.1) is 0 Å². The molecule has 0 unspecified atom stereocenters. The highest BCUT2D eigenvalue weighted by atomic mass is 16.5. The number of ether oxygens (including phenoxy) is 1. The lowest BCUT2D eigenvalue weighted by Crippen LogP contribution is -2.29. The number of carbonyl (C=O) groups is 1. The summed E-state index contributed by atoms with van der Waals surface area (Å²) >= 11 is 0. The van der Waals surface area contributed by atoms with Crippen LogP contribution in [0.3, 0.4) is 0 Å². The maximum atomic E-state index is 12.2. The molecule has 21 heavy (non-hydrogen) atoms. The molecular formula is C17H22N2O2. The zero-order valence-electron chi connectivity index (χ0n) is 12.2. The number of para-hydroxylation sites is 1. The van der Waals surface area contributed by atoms with Gasteiger partial charge in [-0.1, -0.05) is 37.5 Å². The average molecular weight is 286 g/mol. The van der Waals surface area contributed by atoms with Gasteiger partial charge in [0.05, 0.1) is 18.3 Å².